The second-order valence-corrected chi connectivity index (χ2v) is 8.65. The molecule has 0 spiro atoms. The molecule has 38 heavy (non-hydrogen) atoms. The number of rotatable bonds is 11. The molecule has 1 aliphatic heterocycles. The summed E-state index contributed by atoms with van der Waals surface area (Å²) in [4.78, 5) is 16.9. The lowest BCUT2D eigenvalue weighted by Crippen LogP contribution is -2.44. The number of halogens is 6. The molecule has 0 fully saturated rings. The van der Waals surface area contributed by atoms with Crippen LogP contribution in [0.4, 0.5) is 26.3 Å². The molecule has 0 saturated carbocycles. The van der Waals surface area contributed by atoms with E-state index < -0.39 is 35.7 Å². The lowest BCUT2D eigenvalue weighted by molar-refractivity contribution is -0.143. The third kappa shape index (κ3) is 8.23. The molecular formula is C26H27F6N3O3. The first-order chi connectivity index (χ1) is 17.9. The monoisotopic (exact) mass is 543 g/mol. The number of hydrogen-bond donors (Lipinski definition) is 2. The predicted molar refractivity (Wildman–Crippen MR) is 129 cm³/mol. The van der Waals surface area contributed by atoms with E-state index in [1.807, 2.05) is 6.92 Å². The highest BCUT2D eigenvalue weighted by atomic mass is 19.4. The van der Waals surface area contributed by atoms with E-state index in [2.05, 4.69) is 10.3 Å². The van der Waals surface area contributed by atoms with Crippen LogP contribution in [0.2, 0.25) is 0 Å². The maximum atomic E-state index is 13.7. The summed E-state index contributed by atoms with van der Waals surface area (Å²) in [5, 5.41) is 12.0. The molecule has 0 saturated heterocycles. The molecule has 206 valence electrons. The van der Waals surface area contributed by atoms with Crippen molar-refractivity contribution < 1.29 is 41.0 Å². The Bertz CT molecular complexity index is 1180. The van der Waals surface area contributed by atoms with Gasteiger partial charge in [0.25, 0.3) is 0 Å². The van der Waals surface area contributed by atoms with Gasteiger partial charge in [-0.05, 0) is 53.8 Å². The minimum Gasteiger partial charge on any atom is -0.494 e. The number of hydrogen-bond acceptors (Lipinski definition) is 5. The van der Waals surface area contributed by atoms with Crippen molar-refractivity contribution in [2.45, 2.75) is 51.4 Å². The van der Waals surface area contributed by atoms with Crippen LogP contribution in [0.1, 0.15) is 42.0 Å². The summed E-state index contributed by atoms with van der Waals surface area (Å²) in [5.41, 5.74) is -1.60. The number of benzene rings is 2. The minimum atomic E-state index is -4.98. The molecule has 6 nitrogen and oxygen atoms in total. The molecule has 1 heterocycles. The maximum Gasteiger partial charge on any atom is 0.416 e. The number of aliphatic carboxylic acids is 1. The zero-order chi connectivity index (χ0) is 27.9. The third-order valence-corrected chi connectivity index (χ3v) is 5.78. The Balaban J connectivity index is 1.76. The quantitative estimate of drug-likeness (QED) is 0.274. The number of carbonyl (C=O) groups is 1. The van der Waals surface area contributed by atoms with Crippen LogP contribution >= 0.6 is 0 Å². The molecular weight excluding hydrogens is 516 g/mol. The van der Waals surface area contributed by atoms with Crippen molar-refractivity contribution in [3.8, 4) is 5.75 Å². The van der Waals surface area contributed by atoms with Gasteiger partial charge in [0.1, 0.15) is 5.75 Å². The number of nitrogens with zero attached hydrogens (tertiary/aromatic N) is 2. The number of ether oxygens (including phenoxy) is 1. The molecule has 1 aliphatic rings. The summed E-state index contributed by atoms with van der Waals surface area (Å²) in [6, 6.07) is 8.18. The van der Waals surface area contributed by atoms with Crippen LogP contribution in [0.5, 0.6) is 5.75 Å². The van der Waals surface area contributed by atoms with E-state index in [-0.39, 0.29) is 37.7 Å². The molecule has 2 N–H and O–H groups in total. The van der Waals surface area contributed by atoms with Crippen LogP contribution in [0.25, 0.3) is 0 Å². The second kappa shape index (κ2) is 12.3. The Morgan fingerprint density at radius 1 is 1.11 bits per heavy atom. The standard InChI is InChI=1S/C26H27F6N3O3/c1-2-17-14-33-24(34-15-17)35(9-4-10-38-21-6-3-5-18(11-21)12-23(36)37)16-19-7-8-20(25(27,28)29)13-22(19)26(30,31)32/h3,5-8,11,13-15,24,33H,2,4,9-10,12,16H2,1H3,(H,36,37). The van der Waals surface area contributed by atoms with E-state index in [0.29, 0.717) is 30.2 Å². The van der Waals surface area contributed by atoms with Gasteiger partial charge in [-0.1, -0.05) is 25.1 Å². The van der Waals surface area contributed by atoms with E-state index in [0.717, 1.165) is 11.6 Å². The maximum absolute atomic E-state index is 13.7. The van der Waals surface area contributed by atoms with Crippen molar-refractivity contribution in [2.24, 2.45) is 4.99 Å². The van der Waals surface area contributed by atoms with Gasteiger partial charge in [-0.2, -0.15) is 26.3 Å². The zero-order valence-electron chi connectivity index (χ0n) is 20.4. The zero-order valence-corrected chi connectivity index (χ0v) is 20.4. The molecule has 12 heteroatoms. The normalized spacial score (nSPS) is 15.8. The lowest BCUT2D eigenvalue weighted by Gasteiger charge is -2.32. The molecule has 3 rings (SSSR count). The summed E-state index contributed by atoms with van der Waals surface area (Å²) in [6.45, 7) is 1.97. The molecule has 0 radical (unpaired) electrons. The molecule has 0 bridgehead atoms. The summed E-state index contributed by atoms with van der Waals surface area (Å²) < 4.78 is 86.1. The molecule has 0 amide bonds. The van der Waals surface area contributed by atoms with E-state index in [1.165, 1.54) is 0 Å². The number of carboxylic acids is 1. The predicted octanol–water partition coefficient (Wildman–Crippen LogP) is 5.87. The number of nitrogens with one attached hydrogen (secondary N) is 1. The Morgan fingerprint density at radius 2 is 1.87 bits per heavy atom. The number of carboxylic acid groups (broad SMARTS) is 1. The van der Waals surface area contributed by atoms with Crippen molar-refractivity contribution in [1.29, 1.82) is 0 Å². The van der Waals surface area contributed by atoms with Gasteiger partial charge in [0.05, 0.1) is 24.2 Å². The molecule has 2 aromatic carbocycles. The largest absolute Gasteiger partial charge is 0.494 e. The van der Waals surface area contributed by atoms with Gasteiger partial charge in [0.15, 0.2) is 6.29 Å². The fraction of sp³-hybridized carbons (Fsp3) is 0.385. The minimum absolute atomic E-state index is 0.132. The van der Waals surface area contributed by atoms with Crippen LogP contribution in [0, 0.1) is 0 Å². The van der Waals surface area contributed by atoms with Crippen LogP contribution in [0.3, 0.4) is 0 Å². The van der Waals surface area contributed by atoms with Crippen molar-refractivity contribution in [3.63, 3.8) is 0 Å². The van der Waals surface area contributed by atoms with Gasteiger partial charge in [0, 0.05) is 25.5 Å². The van der Waals surface area contributed by atoms with Gasteiger partial charge in [-0.25, -0.2) is 0 Å². The van der Waals surface area contributed by atoms with Crippen LogP contribution in [-0.4, -0.2) is 41.6 Å². The average Bonchev–Trinajstić information content (AvgIpc) is 2.84. The molecule has 0 aromatic heterocycles. The average molecular weight is 544 g/mol. The van der Waals surface area contributed by atoms with Crippen molar-refractivity contribution in [2.75, 3.05) is 13.2 Å². The first kappa shape index (κ1) is 29.0. The Hall–Kier alpha value is -3.54. The van der Waals surface area contributed by atoms with Crippen molar-refractivity contribution >= 4 is 12.2 Å². The molecule has 1 atom stereocenters. The SMILES string of the molecule is CCC1=CNC(N(CCCOc2cccc(CC(=O)O)c2)Cc2ccc(C(F)(F)F)cc2C(F)(F)F)N=C1. The molecule has 1 unspecified atom stereocenters. The topological polar surface area (TPSA) is 74.2 Å². The van der Waals surface area contributed by atoms with Gasteiger partial charge in [-0.15, -0.1) is 0 Å². The summed E-state index contributed by atoms with van der Waals surface area (Å²) in [5.74, 6) is -0.540. The van der Waals surface area contributed by atoms with Gasteiger partial charge >= 0.3 is 18.3 Å². The third-order valence-electron chi connectivity index (χ3n) is 5.78. The van der Waals surface area contributed by atoms with Gasteiger partial charge in [0.2, 0.25) is 0 Å². The summed E-state index contributed by atoms with van der Waals surface area (Å²) in [7, 11) is 0. The molecule has 0 aliphatic carbocycles. The smallest absolute Gasteiger partial charge is 0.416 e. The highest BCUT2D eigenvalue weighted by Gasteiger charge is 2.38. The van der Waals surface area contributed by atoms with Gasteiger partial charge < -0.3 is 15.2 Å². The lowest BCUT2D eigenvalue weighted by atomic mass is 10.0. The second-order valence-electron chi connectivity index (χ2n) is 8.65. The van der Waals surface area contributed by atoms with Crippen molar-refractivity contribution in [3.05, 3.63) is 76.5 Å². The van der Waals surface area contributed by atoms with Crippen LogP contribution < -0.4 is 10.1 Å². The fourth-order valence-corrected chi connectivity index (χ4v) is 3.86. The van der Waals surface area contributed by atoms with E-state index >= 15 is 0 Å². The van der Waals surface area contributed by atoms with E-state index in [4.69, 9.17) is 9.84 Å². The Morgan fingerprint density at radius 3 is 2.47 bits per heavy atom. The molecule has 2 aromatic rings. The first-order valence-corrected chi connectivity index (χ1v) is 11.8. The highest BCUT2D eigenvalue weighted by molar-refractivity contribution is 5.79. The fourth-order valence-electron chi connectivity index (χ4n) is 3.86. The van der Waals surface area contributed by atoms with Crippen LogP contribution in [-0.2, 0) is 30.1 Å². The van der Waals surface area contributed by atoms with E-state index in [1.54, 1.807) is 41.6 Å². The number of allylic oxidation sites excluding steroid dienone is 1. The Kier molecular flexibility index (Phi) is 9.42. The highest BCUT2D eigenvalue weighted by Crippen LogP contribution is 2.38. The Labute approximate surface area is 215 Å². The first-order valence-electron chi connectivity index (χ1n) is 11.8. The number of aliphatic imine (C=N–C) groups is 1. The van der Waals surface area contributed by atoms with Crippen molar-refractivity contribution in [1.82, 2.24) is 10.2 Å². The summed E-state index contributed by atoms with van der Waals surface area (Å²) >= 11 is 0. The van der Waals surface area contributed by atoms with Crippen LogP contribution in [0.15, 0.2) is 59.2 Å². The number of alkyl halides is 6. The van der Waals surface area contributed by atoms with Gasteiger partial charge in [-0.3, -0.25) is 14.7 Å². The van der Waals surface area contributed by atoms with E-state index in [9.17, 15) is 31.1 Å². The summed E-state index contributed by atoms with van der Waals surface area (Å²) in [6.07, 6.45) is -6.44.